The highest BCUT2D eigenvalue weighted by atomic mass is 32.2. The van der Waals surface area contributed by atoms with Gasteiger partial charge in [0.2, 0.25) is 0 Å². The van der Waals surface area contributed by atoms with Crippen LogP contribution in [0.25, 0.3) is 10.9 Å². The fraction of sp³-hybridized carbons (Fsp3) is 0.176. The highest BCUT2D eigenvalue weighted by molar-refractivity contribution is 7.99. The lowest BCUT2D eigenvalue weighted by Gasteiger charge is -2.16. The van der Waals surface area contributed by atoms with Gasteiger partial charge in [0.1, 0.15) is 21.8 Å². The molecule has 0 amide bonds. The molecule has 2 unspecified atom stereocenters. The second kappa shape index (κ2) is 7.56. The number of nitrogens with two attached hydrogens (primary N) is 1. The number of fused-ring (bicyclic) bond motifs is 1. The largest absolute Gasteiger partial charge is 0.395 e. The molecule has 0 saturated carbocycles. The van der Waals surface area contributed by atoms with Crippen LogP contribution in [-0.4, -0.2) is 37.0 Å². The van der Waals surface area contributed by atoms with E-state index in [0.717, 1.165) is 16.5 Å². The fourth-order valence-electron chi connectivity index (χ4n) is 2.63. The molecule has 3 aromatic rings. The van der Waals surface area contributed by atoms with Gasteiger partial charge in [-0.2, -0.15) is 0 Å². The van der Waals surface area contributed by atoms with Gasteiger partial charge in [-0.15, -0.1) is 0 Å². The normalized spacial score (nSPS) is 13.6. The van der Waals surface area contributed by atoms with E-state index in [1.54, 1.807) is 12.1 Å². The second-order valence-corrected chi connectivity index (χ2v) is 6.78. The molecule has 7 nitrogen and oxygen atoms in total. The minimum atomic E-state index is -1.81. The second-order valence-electron chi connectivity index (χ2n) is 5.60. The molecular formula is C17H19N5O2S. The molecule has 1 aromatic carbocycles. The standard InChI is InChI=1S/C17H19N5O2S/c18-16-14(5-3-7-20-16)17(19)25(24)22-12(10-23)8-11-9-21-15-6-2-1-4-13(11)15/h1-7,9,12,19,21-23H,8,10H2,(H2,18,20). The Morgan fingerprint density at radius 3 is 2.92 bits per heavy atom. The number of nitrogen functional groups attached to an aromatic ring is 1. The van der Waals surface area contributed by atoms with Crippen LogP contribution >= 0.6 is 0 Å². The van der Waals surface area contributed by atoms with Crippen molar-refractivity contribution in [2.24, 2.45) is 0 Å². The molecule has 0 radical (unpaired) electrons. The minimum Gasteiger partial charge on any atom is -0.395 e. The first-order chi connectivity index (χ1) is 12.1. The Balaban J connectivity index is 1.73. The molecule has 0 saturated heterocycles. The summed E-state index contributed by atoms with van der Waals surface area (Å²) in [4.78, 5) is 7.07. The lowest BCUT2D eigenvalue weighted by molar-refractivity contribution is 0.258. The third-order valence-corrected chi connectivity index (χ3v) is 5.04. The Labute approximate surface area is 147 Å². The number of aliphatic hydroxyl groups excluding tert-OH is 1. The number of pyridine rings is 1. The molecule has 0 bridgehead atoms. The molecule has 0 spiro atoms. The first-order valence-corrected chi connectivity index (χ1v) is 8.88. The van der Waals surface area contributed by atoms with E-state index in [1.807, 2.05) is 30.5 Å². The maximum absolute atomic E-state index is 12.4. The molecular weight excluding hydrogens is 338 g/mol. The van der Waals surface area contributed by atoms with Gasteiger partial charge in [-0.3, -0.25) is 5.41 Å². The molecule has 0 fully saturated rings. The average Bonchev–Trinajstić information content (AvgIpc) is 3.04. The van der Waals surface area contributed by atoms with Gasteiger partial charge >= 0.3 is 0 Å². The molecule has 2 aromatic heterocycles. The average molecular weight is 357 g/mol. The number of rotatable bonds is 6. The highest BCUT2D eigenvalue weighted by Crippen LogP contribution is 2.19. The molecule has 2 atom stereocenters. The van der Waals surface area contributed by atoms with Crippen LogP contribution in [0.2, 0.25) is 0 Å². The van der Waals surface area contributed by atoms with Crippen molar-refractivity contribution in [2.45, 2.75) is 12.5 Å². The van der Waals surface area contributed by atoms with E-state index in [-0.39, 0.29) is 17.5 Å². The van der Waals surface area contributed by atoms with Gasteiger partial charge in [0.25, 0.3) is 0 Å². The van der Waals surface area contributed by atoms with Crippen molar-refractivity contribution in [3.05, 3.63) is 59.9 Å². The predicted octanol–water partition coefficient (Wildman–Crippen LogP) is 1.33. The van der Waals surface area contributed by atoms with Gasteiger partial charge in [-0.1, -0.05) is 18.2 Å². The topological polar surface area (TPSA) is 128 Å². The van der Waals surface area contributed by atoms with Crippen LogP contribution in [0.1, 0.15) is 11.1 Å². The zero-order chi connectivity index (χ0) is 17.8. The molecule has 25 heavy (non-hydrogen) atoms. The first kappa shape index (κ1) is 17.3. The van der Waals surface area contributed by atoms with Crippen LogP contribution in [0.5, 0.6) is 0 Å². The van der Waals surface area contributed by atoms with E-state index in [0.29, 0.717) is 12.0 Å². The summed E-state index contributed by atoms with van der Waals surface area (Å²) in [5.74, 6) is 0.153. The monoisotopic (exact) mass is 357 g/mol. The van der Waals surface area contributed by atoms with Gasteiger partial charge in [-0.05, 0) is 30.2 Å². The van der Waals surface area contributed by atoms with Crippen LogP contribution in [0.4, 0.5) is 5.82 Å². The summed E-state index contributed by atoms with van der Waals surface area (Å²) in [6, 6.07) is 10.6. The number of anilines is 1. The van der Waals surface area contributed by atoms with Crippen LogP contribution in [0.15, 0.2) is 48.8 Å². The molecule has 6 N–H and O–H groups in total. The summed E-state index contributed by atoms with van der Waals surface area (Å²) >= 11 is 0. The number of nitrogens with one attached hydrogen (secondary N) is 3. The van der Waals surface area contributed by atoms with Crippen molar-refractivity contribution in [3.63, 3.8) is 0 Å². The highest BCUT2D eigenvalue weighted by Gasteiger charge is 2.19. The van der Waals surface area contributed by atoms with Gasteiger partial charge in [0.15, 0.2) is 0 Å². The number of nitrogens with zero attached hydrogens (tertiary/aromatic N) is 1. The van der Waals surface area contributed by atoms with E-state index >= 15 is 0 Å². The van der Waals surface area contributed by atoms with E-state index in [2.05, 4.69) is 14.7 Å². The number of aromatic amines is 1. The van der Waals surface area contributed by atoms with Gasteiger partial charge in [0.05, 0.1) is 12.2 Å². The molecule has 0 aliphatic carbocycles. The molecule has 2 heterocycles. The third-order valence-electron chi connectivity index (χ3n) is 3.90. The predicted molar refractivity (Wildman–Crippen MR) is 99.6 cm³/mol. The number of benzene rings is 1. The number of aliphatic hydroxyl groups is 1. The quantitative estimate of drug-likeness (QED) is 0.337. The lowest BCUT2D eigenvalue weighted by atomic mass is 10.1. The Bertz CT molecular complexity index is 924. The molecule has 3 rings (SSSR count). The fourth-order valence-corrected chi connectivity index (χ4v) is 3.58. The van der Waals surface area contributed by atoms with E-state index in [4.69, 9.17) is 11.1 Å². The summed E-state index contributed by atoms with van der Waals surface area (Å²) in [6.45, 7) is -0.207. The zero-order valence-electron chi connectivity index (χ0n) is 13.4. The summed E-state index contributed by atoms with van der Waals surface area (Å²) in [7, 11) is -1.81. The van der Waals surface area contributed by atoms with Crippen LogP contribution in [0.3, 0.4) is 0 Å². The molecule has 0 aliphatic heterocycles. The number of para-hydroxylation sites is 1. The Morgan fingerprint density at radius 1 is 1.36 bits per heavy atom. The van der Waals surface area contributed by atoms with Crippen LogP contribution < -0.4 is 10.5 Å². The third kappa shape index (κ3) is 3.76. The maximum atomic E-state index is 12.4. The number of H-pyrrole nitrogens is 1. The van der Waals surface area contributed by atoms with Crippen LogP contribution in [0, 0.1) is 5.41 Å². The van der Waals surface area contributed by atoms with E-state index in [9.17, 15) is 9.32 Å². The van der Waals surface area contributed by atoms with Gasteiger partial charge in [-0.25, -0.2) is 13.9 Å². The van der Waals surface area contributed by atoms with Crippen molar-refractivity contribution in [1.82, 2.24) is 14.7 Å². The number of hydrogen-bond acceptors (Lipinski definition) is 5. The van der Waals surface area contributed by atoms with Crippen molar-refractivity contribution in [2.75, 3.05) is 12.3 Å². The summed E-state index contributed by atoms with van der Waals surface area (Å²) in [6.07, 6.45) is 3.86. The maximum Gasteiger partial charge on any atom is 0.145 e. The summed E-state index contributed by atoms with van der Waals surface area (Å²) in [5.41, 5.74) is 8.06. The van der Waals surface area contributed by atoms with E-state index < -0.39 is 17.0 Å². The van der Waals surface area contributed by atoms with Crippen molar-refractivity contribution in [3.8, 4) is 0 Å². The van der Waals surface area contributed by atoms with Gasteiger partial charge < -0.3 is 15.8 Å². The molecule has 0 aliphatic rings. The number of hydrogen-bond donors (Lipinski definition) is 5. The van der Waals surface area contributed by atoms with Crippen molar-refractivity contribution >= 4 is 32.8 Å². The van der Waals surface area contributed by atoms with Gasteiger partial charge in [0, 0.05) is 29.3 Å². The lowest BCUT2D eigenvalue weighted by Crippen LogP contribution is -2.38. The molecule has 130 valence electrons. The van der Waals surface area contributed by atoms with Crippen molar-refractivity contribution < 1.29 is 9.32 Å². The van der Waals surface area contributed by atoms with Crippen LogP contribution in [-0.2, 0) is 17.4 Å². The smallest absolute Gasteiger partial charge is 0.145 e. The minimum absolute atomic E-state index is 0.153. The Morgan fingerprint density at radius 2 is 2.16 bits per heavy atom. The zero-order valence-corrected chi connectivity index (χ0v) is 14.2. The molecule has 8 heteroatoms. The Hall–Kier alpha value is -2.55. The van der Waals surface area contributed by atoms with E-state index in [1.165, 1.54) is 6.20 Å². The Kier molecular flexibility index (Phi) is 5.22. The summed E-state index contributed by atoms with van der Waals surface area (Å²) < 4.78 is 15.2. The first-order valence-electron chi connectivity index (χ1n) is 7.73. The van der Waals surface area contributed by atoms with Crippen molar-refractivity contribution in [1.29, 1.82) is 5.41 Å². The number of aromatic nitrogens is 2. The summed E-state index contributed by atoms with van der Waals surface area (Å²) in [5, 5.41) is 18.6. The SMILES string of the molecule is N=C(c1cccnc1N)S(=O)NC(CO)Cc1c[nH]c2ccccc12.